The van der Waals surface area contributed by atoms with Gasteiger partial charge in [-0.15, -0.1) is 19.3 Å². The molecular weight excluding hydrogens is 1720 g/mol. The fraction of sp³-hybridized carbons (Fsp3) is 0.685. The van der Waals surface area contributed by atoms with E-state index in [1.54, 1.807) is 32.9 Å². The number of carbonyl (C=O) groups excluding carboxylic acids is 13. The van der Waals surface area contributed by atoms with Crippen molar-refractivity contribution in [3.05, 3.63) is 83.8 Å². The number of nitrogens with zero attached hydrogens (tertiary/aromatic N) is 4. The Morgan fingerprint density at radius 3 is 1.18 bits per heavy atom. The summed E-state index contributed by atoms with van der Waals surface area (Å²) >= 11 is 0. The first-order valence-electron chi connectivity index (χ1n) is 46.4. The number of ketones is 3. The van der Waals surface area contributed by atoms with Crippen LogP contribution in [0.2, 0.25) is 0 Å². The fourth-order valence-corrected chi connectivity index (χ4v) is 11.3. The van der Waals surface area contributed by atoms with E-state index in [2.05, 4.69) is 92.7 Å². The number of rotatable bonds is 11. The Morgan fingerprint density at radius 1 is 0.511 bits per heavy atom. The zero-order valence-corrected chi connectivity index (χ0v) is 90.3. The number of nitrogens with one attached hydrogen (secondary N) is 4. The number of carbonyl (C=O) groups is 13. The number of hydrogen-bond donors (Lipinski definition) is 4. The molecule has 0 spiro atoms. The number of Topliss-reactive ketones (excluding diaryl/α,β-unsaturated/α-hetero) is 3. The molecule has 7 rings (SSSR count). The molecule has 4 N–H and O–H groups in total. The molecule has 0 bridgehead atoms. The van der Waals surface area contributed by atoms with Crippen molar-refractivity contribution in [1.29, 1.82) is 5.26 Å². The van der Waals surface area contributed by atoms with Crippen LogP contribution in [0, 0.1) is 97.6 Å². The second-order valence-corrected chi connectivity index (χ2v) is 47.1. The third kappa shape index (κ3) is 63.7. The molecule has 1 atom stereocenters. The lowest BCUT2D eigenvalue weighted by atomic mass is 9.80. The molecule has 0 radical (unpaired) electrons. The lowest BCUT2D eigenvalue weighted by Gasteiger charge is -2.36. The van der Waals surface area contributed by atoms with Crippen molar-refractivity contribution in [2.45, 2.75) is 387 Å². The second-order valence-electron chi connectivity index (χ2n) is 47.1. The third-order valence-electron chi connectivity index (χ3n) is 19.3. The quantitative estimate of drug-likeness (QED) is 0.0284. The molecule has 4 aliphatic carbocycles. The molecular formula is C108H175F3N8O16. The molecule has 3 fully saturated rings. The van der Waals surface area contributed by atoms with Crippen molar-refractivity contribution in [1.82, 2.24) is 36.0 Å². The Morgan fingerprint density at radius 2 is 0.919 bits per heavy atom. The van der Waals surface area contributed by atoms with Crippen LogP contribution in [-0.2, 0) is 76.5 Å². The first-order valence-corrected chi connectivity index (χ1v) is 46.4. The monoisotopic (exact) mass is 1900 g/mol. The Kier molecular flexibility index (Phi) is 57.1. The molecule has 764 valence electrons. The van der Waals surface area contributed by atoms with E-state index in [1.165, 1.54) is 32.9 Å². The molecule has 2 saturated carbocycles. The highest BCUT2D eigenvalue weighted by molar-refractivity contribution is 6.05. The molecule has 7 aliphatic rings. The van der Waals surface area contributed by atoms with Gasteiger partial charge in [-0.2, -0.15) is 5.26 Å². The zero-order chi connectivity index (χ0) is 107. The van der Waals surface area contributed by atoms with E-state index in [4.69, 9.17) is 34.0 Å². The van der Waals surface area contributed by atoms with Crippen molar-refractivity contribution in [2.75, 3.05) is 46.0 Å². The molecule has 3 aliphatic heterocycles. The number of likely N-dealkylation sites (tertiary alicyclic amines) is 1. The highest BCUT2D eigenvalue weighted by Crippen LogP contribution is 2.50. The van der Waals surface area contributed by atoms with Crippen LogP contribution in [0.15, 0.2) is 83.8 Å². The van der Waals surface area contributed by atoms with Crippen molar-refractivity contribution in [3.63, 3.8) is 0 Å². The number of hydrogen-bond acceptors (Lipinski definition) is 17. The summed E-state index contributed by atoms with van der Waals surface area (Å²) in [5, 5.41) is 19.5. The van der Waals surface area contributed by atoms with E-state index in [1.807, 2.05) is 226 Å². The minimum Gasteiger partial charge on any atom is -0.464 e. The number of ether oxygens (including phenoxy) is 3. The highest BCUT2D eigenvalue weighted by Gasteiger charge is 2.56. The summed E-state index contributed by atoms with van der Waals surface area (Å²) in [7, 11) is 0. The minimum atomic E-state index is -0.773. The SMILES string of the molecule is C#CC(=O)C(C)(C)C.C#CC(=O)NC(C)(C)C.C#CC(=O)OCC(C)(C)C.C/C(F)=C(\C)C(=O)NC(C)(C)C.C=CC(=O)N1CCC(C(C)(C)C)C1.C=CC(=O)OCC(C)(C)C.CC(=O)C1(C(=O)OCC(C)(C)C)CC1.CC(C)(C)C(=O)C1(C#N)CC1.CC(C)(C)N1CC=CC1=O.CC(C)(C)N1CCC=CC1=O.CC(C)(C)NC(=O)C1=C(F)CCC1.CC(C)(C)NC(=O)C1=C(F)CCCC1. The van der Waals surface area contributed by atoms with Crippen molar-refractivity contribution in [2.24, 2.45) is 49.2 Å². The van der Waals surface area contributed by atoms with Gasteiger partial charge in [0.2, 0.25) is 41.2 Å². The van der Waals surface area contributed by atoms with Gasteiger partial charge in [-0.3, -0.25) is 52.7 Å². The van der Waals surface area contributed by atoms with E-state index in [9.17, 15) is 75.5 Å². The zero-order valence-electron chi connectivity index (χ0n) is 90.3. The summed E-state index contributed by atoms with van der Waals surface area (Å²) in [5.41, 5.74) is -2.10. The summed E-state index contributed by atoms with van der Waals surface area (Å²) < 4.78 is 53.5. The Labute approximate surface area is 812 Å². The molecule has 135 heavy (non-hydrogen) atoms. The summed E-state index contributed by atoms with van der Waals surface area (Å²) in [6, 6.07) is 2.11. The summed E-state index contributed by atoms with van der Waals surface area (Å²) in [5.74, 6) is 3.45. The normalized spacial score (nSPS) is 16.5. The van der Waals surface area contributed by atoms with Crippen LogP contribution >= 0.6 is 0 Å². The molecule has 27 heteroatoms. The third-order valence-corrected chi connectivity index (χ3v) is 19.3. The maximum absolute atomic E-state index is 13.3. The Balaban J connectivity index is -0.000000457. The standard InChI is InChI=1S/C11H18FNO.C11H19NO.C11H18O3.C10H16FNO.C9H16FNO.C9H13NO.C9H15NO.C8H13NO.C8H14O2.C8H12O2.C7H11NO.C7H10O/c1-11(2,3)13-10(14)8-6-4-5-7-9(8)12;1-5-10(13)12-7-6-9(8-12)11(2,3)4;1-8(12)11(5-6-11)9(13)14-7-10(2,3)4;1-10(2,3)12-9(13)7-5-4-6-8(7)11;1-6(7(2)10)8(12)11-9(3,4)5;1-8(2,3)7(11)9(6-10)4-5-9;1-9(2,3)10-7-5-4-6-8(10)11;1-8(2,3)9-6-4-5-7(9)10;2*1-5-7(9)10-6-8(2,3)4;1-5-6(9)8-7(2,3)4;1-5-6(8)7(2,3)4/h4-7H2,1-3H3,(H,13,14);5,9H,1,6-8H2,2-4H3;5-7H2,1-4H3;4-6H2,1-3H3,(H,12,13);1-5H3,(H,11,12);4-5H2,1-3H3;4,6H,5,7H2,1-3H3;4-5H,6H2,1-3H3;5H,1,6H2,2-4H3;1H,6H2,2-4H3;1H,2-4H3,(H,8,9);1H,2-4H3/b;;;;7-6-;;;;;;;. The van der Waals surface area contributed by atoms with E-state index >= 15 is 0 Å². The van der Waals surface area contributed by atoms with Gasteiger partial charge < -0.3 is 50.2 Å². The van der Waals surface area contributed by atoms with Crippen LogP contribution in [0.4, 0.5) is 13.2 Å². The van der Waals surface area contributed by atoms with Gasteiger partial charge in [-0.1, -0.05) is 150 Å². The first-order chi connectivity index (χ1) is 60.6. The molecule has 7 amide bonds. The van der Waals surface area contributed by atoms with Crippen LogP contribution in [0.3, 0.4) is 0 Å². The lowest BCUT2D eigenvalue weighted by Crippen LogP contribution is -2.46. The molecule has 3 heterocycles. The maximum Gasteiger partial charge on any atom is 0.384 e. The van der Waals surface area contributed by atoms with Gasteiger partial charge in [0.25, 0.3) is 5.91 Å². The number of nitriles is 1. The average Bonchev–Trinajstić information content (AvgIpc) is 1.62. The molecule has 1 saturated heterocycles. The summed E-state index contributed by atoms with van der Waals surface area (Å²) in [6.07, 6.45) is 33.7. The van der Waals surface area contributed by atoms with Crippen LogP contribution in [0.25, 0.3) is 0 Å². The summed E-state index contributed by atoms with van der Waals surface area (Å²) in [4.78, 5) is 150. The topological polar surface area (TPSA) is 331 Å². The van der Waals surface area contributed by atoms with Crippen molar-refractivity contribution < 1.29 is 89.7 Å². The van der Waals surface area contributed by atoms with E-state index in [0.717, 1.165) is 71.1 Å². The largest absolute Gasteiger partial charge is 0.464 e. The van der Waals surface area contributed by atoms with Gasteiger partial charge in [0.1, 0.15) is 34.1 Å². The molecule has 0 aromatic carbocycles. The van der Waals surface area contributed by atoms with Crippen LogP contribution in [-0.4, -0.2) is 171 Å². The number of allylic oxidation sites excluding steroid dienone is 3. The number of esters is 3. The van der Waals surface area contributed by atoms with E-state index < -0.39 is 22.6 Å². The minimum absolute atomic E-state index is 0.00743. The predicted molar refractivity (Wildman–Crippen MR) is 536 cm³/mol. The van der Waals surface area contributed by atoms with Gasteiger partial charge in [0.15, 0.2) is 5.78 Å². The first kappa shape index (κ1) is 133. The van der Waals surface area contributed by atoms with Crippen molar-refractivity contribution >= 4 is 76.6 Å². The number of halogens is 3. The highest BCUT2D eigenvalue weighted by atomic mass is 19.1. The molecule has 1 unspecified atom stereocenters. The predicted octanol–water partition coefficient (Wildman–Crippen LogP) is 20.6. The molecule has 0 aromatic heterocycles. The van der Waals surface area contributed by atoms with Gasteiger partial charge >= 0.3 is 17.9 Å². The molecule has 24 nitrogen and oxygen atoms in total. The Hall–Kier alpha value is -10.2. The summed E-state index contributed by atoms with van der Waals surface area (Å²) in [6.45, 7) is 86.0. The van der Waals surface area contributed by atoms with Gasteiger partial charge in [-0.25, -0.2) is 22.8 Å². The second kappa shape index (κ2) is 57.8. The van der Waals surface area contributed by atoms with Gasteiger partial charge in [0.05, 0.1) is 25.9 Å². The fourth-order valence-electron chi connectivity index (χ4n) is 11.3. The smallest absolute Gasteiger partial charge is 0.384 e. The van der Waals surface area contributed by atoms with Gasteiger partial charge in [0, 0.05) is 105 Å². The molecule has 0 aromatic rings. The maximum atomic E-state index is 13.3. The van der Waals surface area contributed by atoms with E-state index in [-0.39, 0.29) is 148 Å². The van der Waals surface area contributed by atoms with Crippen molar-refractivity contribution in [3.8, 4) is 43.1 Å². The number of amides is 7. The van der Waals surface area contributed by atoms with Crippen LogP contribution in [0.1, 0.15) is 353 Å². The average molecular weight is 1900 g/mol. The Bertz CT molecular complexity index is 4310. The number of terminal acetylenes is 3. The van der Waals surface area contributed by atoms with Crippen LogP contribution < -0.4 is 21.3 Å². The lowest BCUT2D eigenvalue weighted by molar-refractivity contribution is -0.156. The van der Waals surface area contributed by atoms with E-state index in [0.29, 0.717) is 80.8 Å². The van der Waals surface area contributed by atoms with Crippen LogP contribution in [0.5, 0.6) is 0 Å². The van der Waals surface area contributed by atoms with Gasteiger partial charge in [-0.05, 0) is 280 Å².